The van der Waals surface area contributed by atoms with E-state index in [2.05, 4.69) is 10.3 Å². The van der Waals surface area contributed by atoms with E-state index in [1.807, 2.05) is 42.5 Å². The second-order valence-electron chi connectivity index (χ2n) is 7.93. The van der Waals surface area contributed by atoms with Crippen molar-refractivity contribution in [1.82, 2.24) is 9.29 Å². The Balaban J connectivity index is 1.54. The summed E-state index contributed by atoms with van der Waals surface area (Å²) in [5, 5.41) is 2.93. The number of hydrogen-bond acceptors (Lipinski definition) is 6. The van der Waals surface area contributed by atoms with Crippen LogP contribution in [0.4, 0.5) is 5.69 Å². The molecule has 1 N–H and O–H groups in total. The lowest BCUT2D eigenvalue weighted by molar-refractivity contribution is -0.115. The van der Waals surface area contributed by atoms with Crippen LogP contribution in [0.25, 0.3) is 0 Å². The molecule has 0 spiro atoms. The van der Waals surface area contributed by atoms with Gasteiger partial charge in [-0.3, -0.25) is 4.79 Å². The monoisotopic (exact) mass is 497 g/mol. The molecule has 1 aromatic heterocycles. The fourth-order valence-electron chi connectivity index (χ4n) is 3.77. The number of rotatable bonds is 8. The fourth-order valence-corrected chi connectivity index (χ4v) is 6.20. The van der Waals surface area contributed by atoms with E-state index in [1.54, 1.807) is 31.4 Å². The first-order valence-corrected chi connectivity index (χ1v) is 13.4. The van der Waals surface area contributed by atoms with Gasteiger partial charge in [-0.2, -0.15) is 4.31 Å². The summed E-state index contributed by atoms with van der Waals surface area (Å²) in [6.07, 6.45) is 4.19. The lowest BCUT2D eigenvalue weighted by Gasteiger charge is -2.25. The first-order chi connectivity index (χ1) is 16.5. The van der Waals surface area contributed by atoms with Gasteiger partial charge in [0.2, 0.25) is 15.9 Å². The Kier molecular flexibility index (Phi) is 7.87. The number of hydrogen-bond donors (Lipinski definition) is 1. The van der Waals surface area contributed by atoms with Crippen LogP contribution in [0.15, 0.2) is 82.8 Å². The van der Waals surface area contributed by atoms with Gasteiger partial charge in [-0.05, 0) is 42.7 Å². The highest BCUT2D eigenvalue weighted by Crippen LogP contribution is 2.36. The molecular weight excluding hydrogens is 470 g/mol. The van der Waals surface area contributed by atoms with Crippen molar-refractivity contribution in [2.75, 3.05) is 25.5 Å². The van der Waals surface area contributed by atoms with Crippen molar-refractivity contribution in [3.63, 3.8) is 0 Å². The smallest absolute Gasteiger partial charge is 0.244 e. The van der Waals surface area contributed by atoms with Crippen LogP contribution in [0.5, 0.6) is 5.75 Å². The number of amides is 1. The van der Waals surface area contributed by atoms with Crippen LogP contribution in [-0.2, 0) is 14.8 Å². The first-order valence-electron chi connectivity index (χ1n) is 11.1. The number of carbonyl (C=O) groups is 1. The third-order valence-electron chi connectivity index (χ3n) is 5.58. The number of ether oxygens (including phenoxy) is 1. The molecule has 3 aromatic rings. The Morgan fingerprint density at radius 1 is 1.03 bits per heavy atom. The number of pyridine rings is 1. The fraction of sp³-hybridized carbons (Fsp3) is 0.280. The number of anilines is 1. The van der Waals surface area contributed by atoms with Crippen molar-refractivity contribution in [2.24, 2.45) is 0 Å². The van der Waals surface area contributed by atoms with Gasteiger partial charge in [0.1, 0.15) is 15.9 Å². The first kappa shape index (κ1) is 24.3. The van der Waals surface area contributed by atoms with E-state index in [0.717, 1.165) is 24.8 Å². The molecule has 1 fully saturated rings. The second-order valence-corrected chi connectivity index (χ2v) is 11.0. The van der Waals surface area contributed by atoms with Crippen molar-refractivity contribution in [1.29, 1.82) is 0 Å². The van der Waals surface area contributed by atoms with Gasteiger partial charge in [0.05, 0.1) is 12.1 Å². The lowest BCUT2D eigenvalue weighted by atomic mass is 10.1. The zero-order chi connectivity index (χ0) is 24.0. The molecule has 1 amide bonds. The standard InChI is InChI=1S/C25H27N3O4S2/c1-32-21-12-8-11-20(17-21)27-25(29)24(19-9-4-2-5-10-19)33-23-14-13-22(18-26-23)34(30,31)28-15-6-3-7-16-28/h2,4-5,8-14,17-18,24H,3,6-7,15-16H2,1H3,(H,27,29). The molecule has 2 heterocycles. The molecule has 1 atom stereocenters. The molecule has 7 nitrogen and oxygen atoms in total. The SMILES string of the molecule is COc1cccc(NC(=O)C(Sc2ccc(S(=O)(=O)N3CCCCC3)cn2)c2ccccc2)c1. The van der Waals surface area contributed by atoms with E-state index in [-0.39, 0.29) is 10.8 Å². The Morgan fingerprint density at radius 2 is 1.79 bits per heavy atom. The molecule has 178 valence electrons. The molecule has 9 heteroatoms. The predicted molar refractivity (Wildman–Crippen MR) is 134 cm³/mol. The minimum atomic E-state index is -3.55. The lowest BCUT2D eigenvalue weighted by Crippen LogP contribution is -2.35. The van der Waals surface area contributed by atoms with Crippen LogP contribution in [0, 0.1) is 0 Å². The number of methoxy groups -OCH3 is 1. The van der Waals surface area contributed by atoms with E-state index in [4.69, 9.17) is 4.74 Å². The second kappa shape index (κ2) is 11.0. The number of nitrogens with zero attached hydrogens (tertiary/aromatic N) is 2. The Labute approximate surface area is 204 Å². The molecular formula is C25H27N3O4S2. The highest BCUT2D eigenvalue weighted by molar-refractivity contribution is 8.00. The van der Waals surface area contributed by atoms with Crippen molar-refractivity contribution in [2.45, 2.75) is 34.4 Å². The van der Waals surface area contributed by atoms with Crippen molar-refractivity contribution in [3.05, 3.63) is 78.5 Å². The molecule has 4 rings (SSSR count). The molecule has 0 bridgehead atoms. The number of aromatic nitrogens is 1. The average molecular weight is 498 g/mol. The van der Waals surface area contributed by atoms with Gasteiger partial charge in [0.15, 0.2) is 0 Å². The summed E-state index contributed by atoms with van der Waals surface area (Å²) < 4.78 is 32.6. The zero-order valence-electron chi connectivity index (χ0n) is 18.9. The summed E-state index contributed by atoms with van der Waals surface area (Å²) in [6, 6.07) is 19.8. The van der Waals surface area contributed by atoms with E-state index < -0.39 is 15.3 Å². The zero-order valence-corrected chi connectivity index (χ0v) is 20.5. The van der Waals surface area contributed by atoms with Gasteiger partial charge in [0.25, 0.3) is 0 Å². The van der Waals surface area contributed by atoms with Crippen molar-refractivity contribution < 1.29 is 17.9 Å². The van der Waals surface area contributed by atoms with Crippen molar-refractivity contribution in [3.8, 4) is 5.75 Å². The predicted octanol–water partition coefficient (Wildman–Crippen LogP) is 4.74. The van der Waals surface area contributed by atoms with Gasteiger partial charge in [-0.1, -0.05) is 54.6 Å². The highest BCUT2D eigenvalue weighted by Gasteiger charge is 2.27. The Morgan fingerprint density at radius 3 is 2.47 bits per heavy atom. The third kappa shape index (κ3) is 5.78. The quantitative estimate of drug-likeness (QED) is 0.453. The van der Waals surface area contributed by atoms with Gasteiger partial charge < -0.3 is 10.1 Å². The summed E-state index contributed by atoms with van der Waals surface area (Å²) in [4.78, 5) is 17.8. The summed E-state index contributed by atoms with van der Waals surface area (Å²) in [6.45, 7) is 1.08. The molecule has 34 heavy (non-hydrogen) atoms. The number of nitrogens with one attached hydrogen (secondary N) is 1. The van der Waals surface area contributed by atoms with Gasteiger partial charge in [0, 0.05) is 31.0 Å². The largest absolute Gasteiger partial charge is 0.497 e. The van der Waals surface area contributed by atoms with Gasteiger partial charge >= 0.3 is 0 Å². The van der Waals surface area contributed by atoms with Crippen LogP contribution in [0.3, 0.4) is 0 Å². The number of benzene rings is 2. The summed E-state index contributed by atoms with van der Waals surface area (Å²) in [5.74, 6) is 0.435. The summed E-state index contributed by atoms with van der Waals surface area (Å²) in [5.41, 5.74) is 1.45. The van der Waals surface area contributed by atoms with Gasteiger partial charge in [-0.15, -0.1) is 0 Å². The Bertz CT molecular complexity index is 1210. The van der Waals surface area contributed by atoms with E-state index >= 15 is 0 Å². The minimum Gasteiger partial charge on any atom is -0.497 e. The molecule has 0 radical (unpaired) electrons. The van der Waals surface area contributed by atoms with Crippen LogP contribution < -0.4 is 10.1 Å². The molecule has 1 saturated heterocycles. The molecule has 2 aromatic carbocycles. The third-order valence-corrected chi connectivity index (χ3v) is 8.67. The van der Waals surface area contributed by atoms with Crippen LogP contribution in [-0.4, -0.2) is 43.8 Å². The van der Waals surface area contributed by atoms with E-state index in [1.165, 1.54) is 22.3 Å². The maximum atomic E-state index is 13.2. The molecule has 1 aliphatic heterocycles. The summed E-state index contributed by atoms with van der Waals surface area (Å²) >= 11 is 1.27. The average Bonchev–Trinajstić information content (AvgIpc) is 2.88. The number of sulfonamides is 1. The number of piperidine rings is 1. The van der Waals surface area contributed by atoms with Crippen molar-refractivity contribution >= 4 is 33.4 Å². The normalized spacial score (nSPS) is 15.4. The molecule has 1 aliphatic rings. The van der Waals surface area contributed by atoms with Crippen LogP contribution >= 0.6 is 11.8 Å². The molecule has 0 saturated carbocycles. The molecule has 1 unspecified atom stereocenters. The number of thioether (sulfide) groups is 1. The maximum Gasteiger partial charge on any atom is 0.244 e. The Hall–Kier alpha value is -2.88. The highest BCUT2D eigenvalue weighted by atomic mass is 32.2. The summed E-state index contributed by atoms with van der Waals surface area (Å²) in [7, 11) is -1.98. The topological polar surface area (TPSA) is 88.6 Å². The van der Waals surface area contributed by atoms with Gasteiger partial charge in [-0.25, -0.2) is 13.4 Å². The maximum absolute atomic E-state index is 13.2. The number of carbonyl (C=O) groups excluding carboxylic acids is 1. The molecule has 0 aliphatic carbocycles. The minimum absolute atomic E-state index is 0.177. The van der Waals surface area contributed by atoms with Crippen LogP contribution in [0.2, 0.25) is 0 Å². The van der Waals surface area contributed by atoms with Crippen LogP contribution in [0.1, 0.15) is 30.1 Å². The van der Waals surface area contributed by atoms with E-state index in [0.29, 0.717) is 29.6 Å². The van der Waals surface area contributed by atoms with E-state index in [9.17, 15) is 13.2 Å².